The molecule has 0 radical (unpaired) electrons. The number of nitriles is 1. The van der Waals surface area contributed by atoms with Crippen molar-refractivity contribution >= 4 is 11.6 Å². The lowest BCUT2D eigenvalue weighted by molar-refractivity contribution is 0.193. The van der Waals surface area contributed by atoms with Gasteiger partial charge in [-0.15, -0.1) is 0 Å². The van der Waals surface area contributed by atoms with E-state index in [9.17, 15) is 0 Å². The molecule has 2 heterocycles. The third kappa shape index (κ3) is 1.72. The number of rotatable bonds is 1. The molecule has 1 atom stereocenters. The molecule has 14 heavy (non-hydrogen) atoms. The van der Waals surface area contributed by atoms with Crippen LogP contribution in [0.1, 0.15) is 23.6 Å². The molecule has 0 bridgehead atoms. The molecule has 1 aliphatic heterocycles. The summed E-state index contributed by atoms with van der Waals surface area (Å²) in [5, 5.41) is 8.96. The Balaban J connectivity index is 2.28. The normalized spacial score (nSPS) is 20.7. The average Bonchev–Trinajstić information content (AvgIpc) is 2.70. The first kappa shape index (κ1) is 9.45. The number of halogens is 1. The van der Waals surface area contributed by atoms with E-state index >= 15 is 0 Å². The van der Waals surface area contributed by atoms with E-state index < -0.39 is 0 Å². The van der Waals surface area contributed by atoms with Crippen LogP contribution in [0.2, 0.25) is 5.15 Å². The van der Waals surface area contributed by atoms with Crippen LogP contribution < -0.4 is 0 Å². The molecule has 1 aliphatic rings. The van der Waals surface area contributed by atoms with Gasteiger partial charge in [0.2, 0.25) is 0 Å². The minimum Gasteiger partial charge on any atom is -0.381 e. The lowest BCUT2D eigenvalue weighted by Gasteiger charge is -2.06. The number of hydrogen-bond acceptors (Lipinski definition) is 3. The quantitative estimate of drug-likeness (QED) is 0.664. The molecule has 0 aliphatic carbocycles. The lowest BCUT2D eigenvalue weighted by atomic mass is 10.0. The highest BCUT2D eigenvalue weighted by Crippen LogP contribution is 2.25. The van der Waals surface area contributed by atoms with Crippen molar-refractivity contribution in [1.29, 1.82) is 5.26 Å². The Kier molecular flexibility index (Phi) is 2.67. The second-order valence-electron chi connectivity index (χ2n) is 3.25. The zero-order chi connectivity index (χ0) is 9.97. The predicted octanol–water partition coefficient (Wildman–Crippen LogP) is 2.11. The van der Waals surface area contributed by atoms with E-state index in [1.54, 1.807) is 6.07 Å². The van der Waals surface area contributed by atoms with Gasteiger partial charge < -0.3 is 4.74 Å². The van der Waals surface area contributed by atoms with Crippen LogP contribution in [0.25, 0.3) is 0 Å². The standard InChI is InChI=1S/C10H9ClN2O/c11-10-7(5-12)1-2-9(13-10)8-3-4-14-6-8/h1-2,8H,3-4,6H2. The highest BCUT2D eigenvalue weighted by Gasteiger charge is 2.19. The van der Waals surface area contributed by atoms with Crippen molar-refractivity contribution in [2.75, 3.05) is 13.2 Å². The molecule has 1 unspecified atom stereocenters. The Hall–Kier alpha value is -1.11. The first-order valence-electron chi connectivity index (χ1n) is 4.45. The Morgan fingerprint density at radius 1 is 1.57 bits per heavy atom. The first-order valence-corrected chi connectivity index (χ1v) is 4.83. The number of hydrogen-bond donors (Lipinski definition) is 0. The molecule has 72 valence electrons. The van der Waals surface area contributed by atoms with Gasteiger partial charge in [0.15, 0.2) is 0 Å². The summed E-state index contributed by atoms with van der Waals surface area (Å²) in [5.74, 6) is 0.334. The average molecular weight is 209 g/mol. The molecular formula is C10H9ClN2O. The maximum Gasteiger partial charge on any atom is 0.147 e. The Labute approximate surface area is 87.3 Å². The zero-order valence-corrected chi connectivity index (χ0v) is 8.29. The second kappa shape index (κ2) is 3.95. The summed E-state index contributed by atoms with van der Waals surface area (Å²) in [6.07, 6.45) is 0.981. The summed E-state index contributed by atoms with van der Waals surface area (Å²) in [5.41, 5.74) is 1.35. The summed E-state index contributed by atoms with van der Waals surface area (Å²) < 4.78 is 5.26. The van der Waals surface area contributed by atoms with Gasteiger partial charge in [-0.25, -0.2) is 4.98 Å². The van der Waals surface area contributed by atoms with Crippen molar-refractivity contribution in [3.05, 3.63) is 28.5 Å². The Morgan fingerprint density at radius 3 is 3.00 bits per heavy atom. The maximum atomic E-state index is 8.68. The van der Waals surface area contributed by atoms with Crippen LogP contribution in [-0.4, -0.2) is 18.2 Å². The fraction of sp³-hybridized carbons (Fsp3) is 0.400. The van der Waals surface area contributed by atoms with Crippen LogP contribution in [0, 0.1) is 11.3 Å². The van der Waals surface area contributed by atoms with Gasteiger partial charge in [-0.2, -0.15) is 5.26 Å². The molecular weight excluding hydrogens is 200 g/mol. The molecule has 4 heteroatoms. The lowest BCUT2D eigenvalue weighted by Crippen LogP contribution is -2.01. The van der Waals surface area contributed by atoms with Crippen molar-refractivity contribution in [2.45, 2.75) is 12.3 Å². The predicted molar refractivity (Wildman–Crippen MR) is 52.1 cm³/mol. The van der Waals surface area contributed by atoms with Crippen LogP contribution in [0.15, 0.2) is 12.1 Å². The Morgan fingerprint density at radius 2 is 2.43 bits per heavy atom. The number of pyridine rings is 1. The summed E-state index contributed by atoms with van der Waals surface area (Å²) in [7, 11) is 0. The summed E-state index contributed by atoms with van der Waals surface area (Å²) in [4.78, 5) is 4.19. The zero-order valence-electron chi connectivity index (χ0n) is 7.53. The van der Waals surface area contributed by atoms with Crippen LogP contribution >= 0.6 is 11.6 Å². The summed E-state index contributed by atoms with van der Waals surface area (Å²) in [6.45, 7) is 1.49. The SMILES string of the molecule is N#Cc1ccc(C2CCOC2)nc1Cl. The smallest absolute Gasteiger partial charge is 0.147 e. The summed E-state index contributed by atoms with van der Waals surface area (Å²) in [6, 6.07) is 5.55. The molecule has 1 saturated heterocycles. The molecule has 1 fully saturated rings. The van der Waals surface area contributed by atoms with Gasteiger partial charge in [0, 0.05) is 18.2 Å². The number of ether oxygens (including phenoxy) is 1. The van der Waals surface area contributed by atoms with Crippen molar-refractivity contribution < 1.29 is 4.74 Å². The minimum absolute atomic E-state index is 0.289. The molecule has 1 aromatic rings. The van der Waals surface area contributed by atoms with Gasteiger partial charge >= 0.3 is 0 Å². The van der Waals surface area contributed by atoms with E-state index in [0.717, 1.165) is 18.7 Å². The topological polar surface area (TPSA) is 45.9 Å². The highest BCUT2D eigenvalue weighted by molar-refractivity contribution is 6.30. The van der Waals surface area contributed by atoms with Gasteiger partial charge in [0.05, 0.1) is 12.2 Å². The third-order valence-corrected chi connectivity index (χ3v) is 2.63. The van der Waals surface area contributed by atoms with Crippen molar-refractivity contribution in [3.63, 3.8) is 0 Å². The molecule has 0 spiro atoms. The molecule has 3 nitrogen and oxygen atoms in total. The molecule has 0 aromatic carbocycles. The van der Waals surface area contributed by atoms with Gasteiger partial charge in [-0.3, -0.25) is 0 Å². The molecule has 0 amide bonds. The van der Waals surface area contributed by atoms with E-state index in [0.29, 0.717) is 18.1 Å². The van der Waals surface area contributed by atoms with Crippen molar-refractivity contribution in [2.24, 2.45) is 0 Å². The van der Waals surface area contributed by atoms with Gasteiger partial charge in [-0.1, -0.05) is 11.6 Å². The maximum absolute atomic E-state index is 8.68. The summed E-state index contributed by atoms with van der Waals surface area (Å²) >= 11 is 5.83. The molecule has 1 aromatic heterocycles. The van der Waals surface area contributed by atoms with E-state index in [4.69, 9.17) is 21.6 Å². The monoisotopic (exact) mass is 208 g/mol. The van der Waals surface area contributed by atoms with Gasteiger partial charge in [0.1, 0.15) is 11.2 Å². The van der Waals surface area contributed by atoms with Gasteiger partial charge in [-0.05, 0) is 18.6 Å². The van der Waals surface area contributed by atoms with Gasteiger partial charge in [0.25, 0.3) is 0 Å². The van der Waals surface area contributed by atoms with Crippen LogP contribution in [0.4, 0.5) is 0 Å². The van der Waals surface area contributed by atoms with Crippen LogP contribution in [0.5, 0.6) is 0 Å². The van der Waals surface area contributed by atoms with Crippen LogP contribution in [0.3, 0.4) is 0 Å². The molecule has 0 N–H and O–H groups in total. The highest BCUT2D eigenvalue weighted by atomic mass is 35.5. The van der Waals surface area contributed by atoms with E-state index in [1.165, 1.54) is 0 Å². The fourth-order valence-electron chi connectivity index (χ4n) is 1.53. The molecule has 2 rings (SSSR count). The van der Waals surface area contributed by atoms with E-state index in [2.05, 4.69) is 4.98 Å². The van der Waals surface area contributed by atoms with Crippen molar-refractivity contribution in [1.82, 2.24) is 4.98 Å². The van der Waals surface area contributed by atoms with E-state index in [1.807, 2.05) is 12.1 Å². The second-order valence-corrected chi connectivity index (χ2v) is 3.60. The number of nitrogens with zero attached hydrogens (tertiary/aromatic N) is 2. The van der Waals surface area contributed by atoms with E-state index in [-0.39, 0.29) is 5.15 Å². The largest absolute Gasteiger partial charge is 0.381 e. The van der Waals surface area contributed by atoms with Crippen LogP contribution in [-0.2, 0) is 4.74 Å². The number of aromatic nitrogens is 1. The fourth-order valence-corrected chi connectivity index (χ4v) is 1.73. The Bertz CT molecular complexity index is 380. The third-order valence-electron chi connectivity index (χ3n) is 2.34. The minimum atomic E-state index is 0.289. The van der Waals surface area contributed by atoms with Crippen molar-refractivity contribution in [3.8, 4) is 6.07 Å². The first-order chi connectivity index (χ1) is 6.81. The molecule has 0 saturated carbocycles.